The maximum absolute atomic E-state index is 11.1. The standard InChI is InChI=1S/C11H12N2O4/c1-15-11(14)10-3-2-8(16-10)6-12-7-9-4-5-13-17-9/h2-5,12H,6-7H2,1H3. The number of hydrogen-bond donors (Lipinski definition) is 1. The molecule has 0 amide bonds. The summed E-state index contributed by atoms with van der Waals surface area (Å²) < 4.78 is 14.7. The Morgan fingerprint density at radius 1 is 1.35 bits per heavy atom. The molecule has 0 aliphatic carbocycles. The lowest BCUT2D eigenvalue weighted by atomic mass is 10.4. The third kappa shape index (κ3) is 2.94. The number of ether oxygens (including phenoxy) is 1. The van der Waals surface area contributed by atoms with Crippen LogP contribution in [0.2, 0.25) is 0 Å². The minimum absolute atomic E-state index is 0.198. The molecular formula is C11H12N2O4. The predicted molar refractivity (Wildman–Crippen MR) is 57.1 cm³/mol. The molecule has 2 rings (SSSR count). The van der Waals surface area contributed by atoms with Crippen LogP contribution in [-0.2, 0) is 17.8 Å². The van der Waals surface area contributed by atoms with Gasteiger partial charge in [0, 0.05) is 6.07 Å². The Balaban J connectivity index is 1.83. The highest BCUT2D eigenvalue weighted by atomic mass is 16.5. The Kier molecular flexibility index (Phi) is 3.56. The zero-order chi connectivity index (χ0) is 12.1. The van der Waals surface area contributed by atoms with Gasteiger partial charge in [0.25, 0.3) is 0 Å². The summed E-state index contributed by atoms with van der Waals surface area (Å²) in [5.74, 6) is 1.12. The fourth-order valence-corrected chi connectivity index (χ4v) is 1.33. The molecule has 17 heavy (non-hydrogen) atoms. The molecule has 0 saturated carbocycles. The number of nitrogens with zero attached hydrogens (tertiary/aromatic N) is 1. The molecule has 0 aromatic carbocycles. The maximum Gasteiger partial charge on any atom is 0.373 e. The summed E-state index contributed by atoms with van der Waals surface area (Å²) in [5.41, 5.74) is 0. The molecule has 2 heterocycles. The van der Waals surface area contributed by atoms with Gasteiger partial charge >= 0.3 is 5.97 Å². The molecule has 0 aliphatic heterocycles. The van der Waals surface area contributed by atoms with Gasteiger partial charge in [0.05, 0.1) is 26.4 Å². The largest absolute Gasteiger partial charge is 0.463 e. The zero-order valence-corrected chi connectivity index (χ0v) is 9.30. The molecule has 0 fully saturated rings. The molecule has 2 aromatic rings. The van der Waals surface area contributed by atoms with E-state index in [0.29, 0.717) is 18.8 Å². The summed E-state index contributed by atoms with van der Waals surface area (Å²) in [6.45, 7) is 1.05. The van der Waals surface area contributed by atoms with Crippen molar-refractivity contribution in [3.05, 3.63) is 41.7 Å². The van der Waals surface area contributed by atoms with Gasteiger partial charge in [0.1, 0.15) is 11.5 Å². The monoisotopic (exact) mass is 236 g/mol. The summed E-state index contributed by atoms with van der Waals surface area (Å²) in [5, 5.41) is 6.68. The highest BCUT2D eigenvalue weighted by Gasteiger charge is 2.10. The third-order valence-electron chi connectivity index (χ3n) is 2.14. The number of furan rings is 1. The Labute approximate surface area is 97.5 Å². The van der Waals surface area contributed by atoms with E-state index in [2.05, 4.69) is 15.2 Å². The van der Waals surface area contributed by atoms with Crippen molar-refractivity contribution < 1.29 is 18.5 Å². The van der Waals surface area contributed by atoms with Crippen molar-refractivity contribution in [2.24, 2.45) is 0 Å². The molecule has 0 aliphatic rings. The summed E-state index contributed by atoms with van der Waals surface area (Å²) in [6, 6.07) is 5.08. The zero-order valence-electron chi connectivity index (χ0n) is 9.30. The van der Waals surface area contributed by atoms with Gasteiger partial charge in [-0.05, 0) is 12.1 Å². The number of hydrogen-bond acceptors (Lipinski definition) is 6. The maximum atomic E-state index is 11.1. The molecule has 6 heteroatoms. The van der Waals surface area contributed by atoms with Crippen LogP contribution in [0.15, 0.2) is 33.3 Å². The van der Waals surface area contributed by atoms with Crippen LogP contribution < -0.4 is 5.32 Å². The lowest BCUT2D eigenvalue weighted by molar-refractivity contribution is 0.0563. The van der Waals surface area contributed by atoms with Gasteiger partial charge in [0.15, 0.2) is 0 Å². The van der Waals surface area contributed by atoms with Gasteiger partial charge in [-0.2, -0.15) is 0 Å². The Hall–Kier alpha value is -2.08. The number of methoxy groups -OCH3 is 1. The van der Waals surface area contributed by atoms with Crippen molar-refractivity contribution in [3.63, 3.8) is 0 Å². The van der Waals surface area contributed by atoms with Crippen molar-refractivity contribution in [3.8, 4) is 0 Å². The molecule has 90 valence electrons. The van der Waals surface area contributed by atoms with E-state index < -0.39 is 5.97 Å². The van der Waals surface area contributed by atoms with E-state index in [-0.39, 0.29) is 5.76 Å². The summed E-state index contributed by atoms with van der Waals surface area (Å²) in [6.07, 6.45) is 1.58. The highest BCUT2D eigenvalue weighted by Crippen LogP contribution is 2.09. The van der Waals surface area contributed by atoms with Gasteiger partial charge in [-0.15, -0.1) is 0 Å². The summed E-state index contributed by atoms with van der Waals surface area (Å²) >= 11 is 0. The van der Waals surface area contributed by atoms with E-state index in [1.165, 1.54) is 7.11 Å². The van der Waals surface area contributed by atoms with Crippen LogP contribution in [0.5, 0.6) is 0 Å². The van der Waals surface area contributed by atoms with E-state index in [0.717, 1.165) is 5.76 Å². The Bertz CT molecular complexity index is 475. The number of rotatable bonds is 5. The quantitative estimate of drug-likeness (QED) is 0.789. The second kappa shape index (κ2) is 5.31. The topological polar surface area (TPSA) is 77.5 Å². The minimum atomic E-state index is -0.480. The van der Waals surface area contributed by atoms with Crippen LogP contribution in [0.25, 0.3) is 0 Å². The summed E-state index contributed by atoms with van der Waals surface area (Å²) in [7, 11) is 1.31. The predicted octanol–water partition coefficient (Wildman–Crippen LogP) is 1.34. The van der Waals surface area contributed by atoms with E-state index in [1.54, 1.807) is 24.4 Å². The van der Waals surface area contributed by atoms with Crippen LogP contribution in [0.3, 0.4) is 0 Å². The van der Waals surface area contributed by atoms with Crippen molar-refractivity contribution in [2.75, 3.05) is 7.11 Å². The van der Waals surface area contributed by atoms with Crippen LogP contribution in [0.1, 0.15) is 22.1 Å². The molecule has 6 nitrogen and oxygen atoms in total. The van der Waals surface area contributed by atoms with Crippen molar-refractivity contribution in [1.29, 1.82) is 0 Å². The molecule has 0 saturated heterocycles. The average molecular weight is 236 g/mol. The molecule has 0 radical (unpaired) electrons. The fourth-order valence-electron chi connectivity index (χ4n) is 1.33. The minimum Gasteiger partial charge on any atom is -0.463 e. The molecule has 0 atom stereocenters. The first-order valence-electron chi connectivity index (χ1n) is 5.07. The Morgan fingerprint density at radius 2 is 2.18 bits per heavy atom. The van der Waals surface area contributed by atoms with Gasteiger partial charge in [-0.25, -0.2) is 4.79 Å². The van der Waals surface area contributed by atoms with Crippen LogP contribution >= 0.6 is 0 Å². The van der Waals surface area contributed by atoms with Crippen molar-refractivity contribution in [1.82, 2.24) is 10.5 Å². The Morgan fingerprint density at radius 3 is 2.88 bits per heavy atom. The number of carbonyl (C=O) groups is 1. The first kappa shape index (κ1) is 11.4. The second-order valence-corrected chi connectivity index (χ2v) is 3.34. The van der Waals surface area contributed by atoms with Crippen LogP contribution in [0, 0.1) is 0 Å². The average Bonchev–Trinajstić information content (AvgIpc) is 2.99. The van der Waals surface area contributed by atoms with E-state index in [4.69, 9.17) is 8.94 Å². The number of aromatic nitrogens is 1. The second-order valence-electron chi connectivity index (χ2n) is 3.34. The van der Waals surface area contributed by atoms with E-state index >= 15 is 0 Å². The molecule has 0 unspecified atom stereocenters. The molecule has 0 spiro atoms. The molecular weight excluding hydrogens is 224 g/mol. The number of esters is 1. The summed E-state index contributed by atoms with van der Waals surface area (Å²) in [4.78, 5) is 11.1. The van der Waals surface area contributed by atoms with Crippen LogP contribution in [-0.4, -0.2) is 18.2 Å². The van der Waals surface area contributed by atoms with Crippen molar-refractivity contribution >= 4 is 5.97 Å². The lowest BCUT2D eigenvalue weighted by Crippen LogP contribution is -2.11. The normalized spacial score (nSPS) is 10.4. The van der Waals surface area contributed by atoms with Gasteiger partial charge in [-0.1, -0.05) is 5.16 Å². The SMILES string of the molecule is COC(=O)c1ccc(CNCc2ccno2)o1. The van der Waals surface area contributed by atoms with E-state index in [1.807, 2.05) is 0 Å². The van der Waals surface area contributed by atoms with E-state index in [9.17, 15) is 4.79 Å². The van der Waals surface area contributed by atoms with Gasteiger partial charge < -0.3 is 19.0 Å². The highest BCUT2D eigenvalue weighted by molar-refractivity contribution is 5.86. The van der Waals surface area contributed by atoms with Gasteiger partial charge in [0.2, 0.25) is 5.76 Å². The van der Waals surface area contributed by atoms with Gasteiger partial charge in [-0.3, -0.25) is 0 Å². The first-order valence-corrected chi connectivity index (χ1v) is 5.07. The number of carbonyl (C=O) groups excluding carboxylic acids is 1. The van der Waals surface area contributed by atoms with Crippen LogP contribution in [0.4, 0.5) is 0 Å². The van der Waals surface area contributed by atoms with Crippen molar-refractivity contribution in [2.45, 2.75) is 13.1 Å². The smallest absolute Gasteiger partial charge is 0.373 e. The first-order chi connectivity index (χ1) is 8.29. The molecule has 1 N–H and O–H groups in total. The molecule has 2 aromatic heterocycles. The third-order valence-corrected chi connectivity index (χ3v) is 2.14. The number of nitrogens with one attached hydrogen (secondary N) is 1. The molecule has 0 bridgehead atoms. The fraction of sp³-hybridized carbons (Fsp3) is 0.273. The lowest BCUT2D eigenvalue weighted by Gasteiger charge is -1.98.